The van der Waals surface area contributed by atoms with E-state index in [2.05, 4.69) is 17.0 Å². The molecule has 0 atom stereocenters. The molecule has 1 aromatic rings. The van der Waals surface area contributed by atoms with Crippen LogP contribution < -0.4 is 10.0 Å². The Bertz CT molecular complexity index is 677. The number of hydrogen-bond acceptors (Lipinski definition) is 5. The summed E-state index contributed by atoms with van der Waals surface area (Å²) in [5.74, 6) is -1.22. The summed E-state index contributed by atoms with van der Waals surface area (Å²) >= 11 is 1.05. The molecule has 0 saturated heterocycles. The Hall–Kier alpha value is -1.45. The standard InChI is InChI=1S/C15H22N2O5S2/c1-2-11-5-7-15(8-6-11,14(19)20)17-12(18)10-16-24(21,22)13-4-3-9-23-13/h3-4,9,11,16H,2,5-8,10H2,1H3,(H,17,18)(H,19,20). The summed E-state index contributed by atoms with van der Waals surface area (Å²) in [5.41, 5.74) is -1.29. The molecular formula is C15H22N2O5S2. The second kappa shape index (κ2) is 7.62. The zero-order chi connectivity index (χ0) is 17.8. The van der Waals surface area contributed by atoms with Gasteiger partial charge >= 0.3 is 5.97 Å². The minimum absolute atomic E-state index is 0.117. The fourth-order valence-electron chi connectivity index (χ4n) is 2.93. The van der Waals surface area contributed by atoms with E-state index in [1.165, 1.54) is 6.07 Å². The Kier molecular flexibility index (Phi) is 6.00. The third kappa shape index (κ3) is 4.34. The molecule has 1 aliphatic rings. The first-order valence-corrected chi connectivity index (χ1v) is 10.2. The van der Waals surface area contributed by atoms with Crippen LogP contribution in [-0.2, 0) is 19.6 Å². The van der Waals surface area contributed by atoms with Gasteiger partial charge in [-0.25, -0.2) is 17.9 Å². The van der Waals surface area contributed by atoms with Gasteiger partial charge in [0, 0.05) is 0 Å². The van der Waals surface area contributed by atoms with Crippen LogP contribution in [0.5, 0.6) is 0 Å². The number of hydrogen-bond donors (Lipinski definition) is 3. The maximum absolute atomic E-state index is 12.1. The Labute approximate surface area is 145 Å². The number of aliphatic carboxylic acids is 1. The van der Waals surface area contributed by atoms with Crippen molar-refractivity contribution in [2.45, 2.75) is 48.8 Å². The van der Waals surface area contributed by atoms with Gasteiger partial charge < -0.3 is 10.4 Å². The van der Waals surface area contributed by atoms with Crippen molar-refractivity contribution in [3.05, 3.63) is 17.5 Å². The molecule has 3 N–H and O–H groups in total. The molecule has 1 heterocycles. The third-order valence-corrected chi connectivity index (χ3v) is 7.31. The van der Waals surface area contributed by atoms with Crippen LogP contribution in [0.1, 0.15) is 39.0 Å². The largest absolute Gasteiger partial charge is 0.480 e. The smallest absolute Gasteiger partial charge is 0.329 e. The second-order valence-corrected chi connectivity index (χ2v) is 8.99. The molecule has 9 heteroatoms. The number of nitrogens with one attached hydrogen (secondary N) is 2. The van der Waals surface area contributed by atoms with Gasteiger partial charge in [-0.15, -0.1) is 11.3 Å². The number of sulfonamides is 1. The van der Waals surface area contributed by atoms with Crippen molar-refractivity contribution in [2.24, 2.45) is 5.92 Å². The Morgan fingerprint density at radius 1 is 1.38 bits per heavy atom. The molecule has 1 amide bonds. The van der Waals surface area contributed by atoms with Crippen LogP contribution in [0.3, 0.4) is 0 Å². The first kappa shape index (κ1) is 18.9. The van der Waals surface area contributed by atoms with E-state index in [-0.39, 0.29) is 4.21 Å². The molecule has 24 heavy (non-hydrogen) atoms. The van der Waals surface area contributed by atoms with Crippen molar-refractivity contribution in [3.63, 3.8) is 0 Å². The zero-order valence-electron chi connectivity index (χ0n) is 13.4. The van der Waals surface area contributed by atoms with Crippen LogP contribution >= 0.6 is 11.3 Å². The molecule has 0 radical (unpaired) electrons. The highest BCUT2D eigenvalue weighted by molar-refractivity contribution is 7.91. The monoisotopic (exact) mass is 374 g/mol. The van der Waals surface area contributed by atoms with Crippen LogP contribution in [0.4, 0.5) is 0 Å². The first-order chi connectivity index (χ1) is 11.3. The highest BCUT2D eigenvalue weighted by Gasteiger charge is 2.42. The summed E-state index contributed by atoms with van der Waals surface area (Å²) in [5, 5.41) is 13.7. The van der Waals surface area contributed by atoms with Crippen molar-refractivity contribution in [3.8, 4) is 0 Å². The van der Waals surface area contributed by atoms with Gasteiger partial charge in [-0.05, 0) is 43.0 Å². The highest BCUT2D eigenvalue weighted by atomic mass is 32.2. The molecule has 1 saturated carbocycles. The molecule has 0 spiro atoms. The lowest BCUT2D eigenvalue weighted by molar-refractivity contribution is -0.149. The van der Waals surface area contributed by atoms with E-state index in [1.54, 1.807) is 11.4 Å². The first-order valence-electron chi connectivity index (χ1n) is 7.86. The van der Waals surface area contributed by atoms with Gasteiger partial charge in [0.15, 0.2) is 0 Å². The van der Waals surface area contributed by atoms with E-state index in [1.807, 2.05) is 0 Å². The van der Waals surface area contributed by atoms with E-state index >= 15 is 0 Å². The Balaban J connectivity index is 1.96. The molecule has 134 valence electrons. The topological polar surface area (TPSA) is 113 Å². The second-order valence-electron chi connectivity index (χ2n) is 6.04. The third-order valence-electron chi connectivity index (χ3n) is 4.51. The van der Waals surface area contributed by atoms with E-state index in [4.69, 9.17) is 0 Å². The van der Waals surface area contributed by atoms with Crippen molar-refractivity contribution in [1.29, 1.82) is 0 Å². The molecule has 1 fully saturated rings. The number of thiophene rings is 1. The molecule has 0 unspecified atom stereocenters. The summed E-state index contributed by atoms with van der Waals surface area (Å²) in [6.45, 7) is 1.59. The molecule has 7 nitrogen and oxygen atoms in total. The van der Waals surface area contributed by atoms with Crippen LogP contribution in [-0.4, -0.2) is 37.5 Å². The minimum atomic E-state index is -3.75. The van der Waals surface area contributed by atoms with Crippen LogP contribution in [0.25, 0.3) is 0 Å². The van der Waals surface area contributed by atoms with Crippen LogP contribution in [0.2, 0.25) is 0 Å². The molecular weight excluding hydrogens is 352 g/mol. The SMILES string of the molecule is CCC1CCC(NC(=O)CNS(=O)(=O)c2cccs2)(C(=O)O)CC1. The molecule has 0 bridgehead atoms. The lowest BCUT2D eigenvalue weighted by atomic mass is 9.75. The van der Waals surface area contributed by atoms with Crippen molar-refractivity contribution in [1.82, 2.24) is 10.0 Å². The number of rotatable bonds is 7. The quantitative estimate of drug-likeness (QED) is 0.670. The average Bonchev–Trinajstić information content (AvgIpc) is 3.09. The van der Waals surface area contributed by atoms with E-state index in [9.17, 15) is 23.1 Å². The number of carboxylic acid groups (broad SMARTS) is 1. The summed E-state index contributed by atoms with van der Waals surface area (Å²) in [6.07, 6.45) is 3.20. The van der Waals surface area contributed by atoms with Gasteiger partial charge in [0.05, 0.1) is 6.54 Å². The highest BCUT2D eigenvalue weighted by Crippen LogP contribution is 2.34. The fourth-order valence-corrected chi connectivity index (χ4v) is 4.95. The van der Waals surface area contributed by atoms with Crippen molar-refractivity contribution >= 4 is 33.2 Å². The number of carbonyl (C=O) groups excluding carboxylic acids is 1. The van der Waals surface area contributed by atoms with Gasteiger partial charge in [-0.2, -0.15) is 0 Å². The maximum atomic E-state index is 12.1. The van der Waals surface area contributed by atoms with Crippen molar-refractivity contribution in [2.75, 3.05) is 6.54 Å². The molecule has 1 aromatic heterocycles. The van der Waals surface area contributed by atoms with Gasteiger partial charge in [0.1, 0.15) is 9.75 Å². The van der Waals surface area contributed by atoms with E-state index in [0.717, 1.165) is 30.6 Å². The average molecular weight is 374 g/mol. The summed E-state index contributed by atoms with van der Waals surface area (Å²) in [4.78, 5) is 23.7. The lowest BCUT2D eigenvalue weighted by Crippen LogP contribution is -2.58. The number of amides is 1. The molecule has 1 aliphatic carbocycles. The van der Waals surface area contributed by atoms with Crippen LogP contribution in [0, 0.1) is 5.92 Å². The molecule has 0 aliphatic heterocycles. The fraction of sp³-hybridized carbons (Fsp3) is 0.600. The predicted molar refractivity (Wildman–Crippen MR) is 90.3 cm³/mol. The minimum Gasteiger partial charge on any atom is -0.480 e. The van der Waals surface area contributed by atoms with Gasteiger partial charge in [0.2, 0.25) is 5.91 Å². The summed E-state index contributed by atoms with van der Waals surface area (Å²) in [7, 11) is -3.75. The maximum Gasteiger partial charge on any atom is 0.329 e. The predicted octanol–water partition coefficient (Wildman–Crippen LogP) is 1.57. The number of carbonyl (C=O) groups is 2. The lowest BCUT2D eigenvalue weighted by Gasteiger charge is -2.37. The zero-order valence-corrected chi connectivity index (χ0v) is 15.1. The van der Waals surface area contributed by atoms with Gasteiger partial charge in [-0.1, -0.05) is 19.4 Å². The summed E-state index contributed by atoms with van der Waals surface area (Å²) in [6, 6.07) is 3.04. The Morgan fingerprint density at radius 3 is 2.54 bits per heavy atom. The van der Waals surface area contributed by atoms with Gasteiger partial charge in [-0.3, -0.25) is 4.79 Å². The van der Waals surface area contributed by atoms with Crippen LogP contribution in [0.15, 0.2) is 21.7 Å². The summed E-state index contributed by atoms with van der Waals surface area (Å²) < 4.78 is 26.3. The van der Waals surface area contributed by atoms with Gasteiger partial charge in [0.25, 0.3) is 10.0 Å². The van der Waals surface area contributed by atoms with Crippen molar-refractivity contribution < 1.29 is 23.1 Å². The van der Waals surface area contributed by atoms with E-state index < -0.39 is 34.0 Å². The molecule has 0 aromatic carbocycles. The molecule has 2 rings (SSSR count). The number of carboxylic acids is 1. The Morgan fingerprint density at radius 2 is 2.04 bits per heavy atom. The normalized spacial score (nSPS) is 24.5. The van der Waals surface area contributed by atoms with E-state index in [0.29, 0.717) is 18.8 Å².